The number of fused-ring (bicyclic) bond motifs is 2. The minimum atomic E-state index is -0.275. The molecule has 4 rings (SSSR count). The van der Waals surface area contributed by atoms with Gasteiger partial charge in [0.15, 0.2) is 11.5 Å². The van der Waals surface area contributed by atoms with Gasteiger partial charge in [-0.2, -0.15) is 0 Å². The third-order valence-corrected chi connectivity index (χ3v) is 5.35. The van der Waals surface area contributed by atoms with Crippen LogP contribution < -0.4 is 25.4 Å². The fraction of sp³-hybridized carbons (Fsp3) is 0.364. The number of hydrogen-bond donors (Lipinski definition) is 3. The summed E-state index contributed by atoms with van der Waals surface area (Å²) in [5, 5.41) is 9.15. The molecule has 0 fully saturated rings. The molecule has 3 heterocycles. The normalized spacial score (nSPS) is 18.6. The van der Waals surface area contributed by atoms with Gasteiger partial charge in [0.1, 0.15) is 18.0 Å². The average Bonchev–Trinajstić information content (AvgIpc) is 3.12. The summed E-state index contributed by atoms with van der Waals surface area (Å²) in [6.07, 6.45) is 4.95. The maximum atomic E-state index is 12.6. The summed E-state index contributed by atoms with van der Waals surface area (Å²) >= 11 is 0. The number of ether oxygens (including phenoxy) is 2. The SMILES string of the molecule is COc1ccc2cc1OCCCCC(=O)N(C)CCNc1ncnc3c1/C(=C/N2)C(=O)N3. The van der Waals surface area contributed by atoms with Gasteiger partial charge in [-0.25, -0.2) is 9.97 Å². The molecular weight excluding hydrogens is 412 g/mol. The highest BCUT2D eigenvalue weighted by Crippen LogP contribution is 2.35. The zero-order chi connectivity index (χ0) is 22.5. The Morgan fingerprint density at radius 1 is 1.16 bits per heavy atom. The zero-order valence-corrected chi connectivity index (χ0v) is 18.1. The Bertz CT molecular complexity index is 1050. The summed E-state index contributed by atoms with van der Waals surface area (Å²) in [4.78, 5) is 35.1. The molecule has 2 aliphatic heterocycles. The van der Waals surface area contributed by atoms with Crippen LogP contribution in [0, 0.1) is 0 Å². The predicted octanol–water partition coefficient (Wildman–Crippen LogP) is 2.32. The van der Waals surface area contributed by atoms with E-state index >= 15 is 0 Å². The molecule has 3 N–H and O–H groups in total. The van der Waals surface area contributed by atoms with Crippen LogP contribution in [0.1, 0.15) is 24.8 Å². The molecule has 0 saturated carbocycles. The van der Waals surface area contributed by atoms with E-state index in [-0.39, 0.29) is 11.8 Å². The molecule has 1 aromatic heterocycles. The summed E-state index contributed by atoms with van der Waals surface area (Å²) in [7, 11) is 3.36. The second-order valence-electron chi connectivity index (χ2n) is 7.52. The van der Waals surface area contributed by atoms with E-state index in [1.165, 1.54) is 6.33 Å². The second kappa shape index (κ2) is 9.54. The monoisotopic (exact) mass is 438 g/mol. The standard InChI is InChI=1S/C22H26N6O4/c1-28-9-8-23-20-19-15(22(30)27-21(19)26-13-25-20)12-24-14-6-7-16(31-2)17(11-14)32-10-4-3-5-18(28)29/h6-7,11-13,24H,3-5,8-10H2,1-2H3,(H2,23,25,26,27,30)/b15-12-. The fourth-order valence-electron chi connectivity index (χ4n) is 3.55. The maximum Gasteiger partial charge on any atom is 0.259 e. The summed E-state index contributed by atoms with van der Waals surface area (Å²) in [5.74, 6) is 1.96. The van der Waals surface area contributed by atoms with Crippen LogP contribution >= 0.6 is 0 Å². The number of likely N-dealkylation sites (N-methyl/N-ethyl adjacent to an activating group) is 1. The van der Waals surface area contributed by atoms with Crippen molar-refractivity contribution in [2.75, 3.05) is 49.8 Å². The van der Waals surface area contributed by atoms with Crippen LogP contribution in [0.3, 0.4) is 0 Å². The molecule has 2 amide bonds. The molecule has 168 valence electrons. The van der Waals surface area contributed by atoms with Crippen LogP contribution in [0.2, 0.25) is 0 Å². The highest BCUT2D eigenvalue weighted by molar-refractivity contribution is 6.32. The molecule has 0 saturated heterocycles. The van der Waals surface area contributed by atoms with Crippen LogP contribution in [0.4, 0.5) is 17.3 Å². The van der Waals surface area contributed by atoms with Crippen LogP contribution in [0.15, 0.2) is 30.7 Å². The van der Waals surface area contributed by atoms with E-state index in [2.05, 4.69) is 25.9 Å². The molecule has 2 bridgehead atoms. The number of nitrogens with zero attached hydrogens (tertiary/aromatic N) is 3. The molecule has 10 heteroatoms. The Kier molecular flexibility index (Phi) is 6.39. The van der Waals surface area contributed by atoms with Crippen molar-refractivity contribution in [1.82, 2.24) is 14.9 Å². The van der Waals surface area contributed by atoms with E-state index < -0.39 is 0 Å². The van der Waals surface area contributed by atoms with Crippen molar-refractivity contribution in [3.05, 3.63) is 36.3 Å². The number of carbonyl (C=O) groups excluding carboxylic acids is 2. The van der Waals surface area contributed by atoms with Crippen molar-refractivity contribution in [2.24, 2.45) is 0 Å². The minimum absolute atomic E-state index is 0.0713. The van der Waals surface area contributed by atoms with Gasteiger partial charge in [-0.3, -0.25) is 9.59 Å². The number of methoxy groups -OCH3 is 1. The van der Waals surface area contributed by atoms with Crippen LogP contribution in [0.5, 0.6) is 11.5 Å². The van der Waals surface area contributed by atoms with Crippen molar-refractivity contribution >= 4 is 34.7 Å². The van der Waals surface area contributed by atoms with E-state index in [9.17, 15) is 9.59 Å². The van der Waals surface area contributed by atoms with Gasteiger partial charge >= 0.3 is 0 Å². The second-order valence-corrected chi connectivity index (χ2v) is 7.52. The Morgan fingerprint density at radius 2 is 2.00 bits per heavy atom. The number of anilines is 3. The number of hydrogen-bond acceptors (Lipinski definition) is 8. The van der Waals surface area contributed by atoms with Crippen molar-refractivity contribution in [2.45, 2.75) is 19.3 Å². The van der Waals surface area contributed by atoms with Crippen LogP contribution in [-0.2, 0) is 9.59 Å². The predicted molar refractivity (Wildman–Crippen MR) is 121 cm³/mol. The Labute approximate surface area is 186 Å². The quantitative estimate of drug-likeness (QED) is 0.621. The molecular formula is C22H26N6O4. The maximum absolute atomic E-state index is 12.6. The van der Waals surface area contributed by atoms with Gasteiger partial charge in [-0.15, -0.1) is 0 Å². The number of amides is 2. The molecule has 0 spiro atoms. The molecule has 0 aliphatic carbocycles. The average molecular weight is 438 g/mol. The Morgan fingerprint density at radius 3 is 2.84 bits per heavy atom. The molecule has 0 atom stereocenters. The van der Waals surface area contributed by atoms with Gasteiger partial charge in [0.05, 0.1) is 24.9 Å². The lowest BCUT2D eigenvalue weighted by atomic mass is 10.1. The smallest absolute Gasteiger partial charge is 0.259 e. The number of carbonyl (C=O) groups is 2. The first-order chi connectivity index (χ1) is 15.6. The molecule has 1 aromatic carbocycles. The van der Waals surface area contributed by atoms with E-state index in [0.717, 1.165) is 18.5 Å². The molecule has 0 radical (unpaired) electrons. The molecule has 10 nitrogen and oxygen atoms in total. The largest absolute Gasteiger partial charge is 0.493 e. The van der Waals surface area contributed by atoms with Crippen molar-refractivity contribution in [1.29, 1.82) is 0 Å². The Hall–Kier alpha value is -3.82. The van der Waals surface area contributed by atoms with Gasteiger partial charge in [-0.1, -0.05) is 0 Å². The van der Waals surface area contributed by atoms with E-state index in [0.29, 0.717) is 60.4 Å². The molecule has 2 aliphatic rings. The summed E-state index contributed by atoms with van der Waals surface area (Å²) < 4.78 is 11.3. The molecule has 32 heavy (non-hydrogen) atoms. The highest BCUT2D eigenvalue weighted by Gasteiger charge is 2.29. The van der Waals surface area contributed by atoms with Gasteiger partial charge in [-0.05, 0) is 25.0 Å². The first-order valence-corrected chi connectivity index (χ1v) is 10.5. The lowest BCUT2D eigenvalue weighted by Gasteiger charge is -2.18. The fourth-order valence-corrected chi connectivity index (χ4v) is 3.55. The Balaban J connectivity index is 1.67. The van der Waals surface area contributed by atoms with Crippen LogP contribution in [0.25, 0.3) is 5.57 Å². The van der Waals surface area contributed by atoms with Crippen molar-refractivity contribution in [3.8, 4) is 11.5 Å². The van der Waals surface area contributed by atoms with Gasteiger partial charge in [0.25, 0.3) is 5.91 Å². The van der Waals surface area contributed by atoms with E-state index in [1.807, 2.05) is 12.1 Å². The molecule has 0 unspecified atom stereocenters. The van der Waals surface area contributed by atoms with E-state index in [1.54, 1.807) is 31.3 Å². The zero-order valence-electron chi connectivity index (χ0n) is 18.1. The third-order valence-electron chi connectivity index (χ3n) is 5.35. The van der Waals surface area contributed by atoms with Crippen molar-refractivity contribution < 1.29 is 19.1 Å². The highest BCUT2D eigenvalue weighted by atomic mass is 16.5. The summed E-state index contributed by atoms with van der Waals surface area (Å²) in [5.41, 5.74) is 1.73. The lowest BCUT2D eigenvalue weighted by Crippen LogP contribution is -2.31. The number of benzene rings is 1. The molecule has 2 aromatic rings. The van der Waals surface area contributed by atoms with E-state index in [4.69, 9.17) is 9.47 Å². The topological polar surface area (TPSA) is 118 Å². The summed E-state index contributed by atoms with van der Waals surface area (Å²) in [6, 6.07) is 5.45. The minimum Gasteiger partial charge on any atom is -0.493 e. The summed E-state index contributed by atoms with van der Waals surface area (Å²) in [6.45, 7) is 1.47. The first-order valence-electron chi connectivity index (χ1n) is 10.5. The van der Waals surface area contributed by atoms with Gasteiger partial charge < -0.3 is 30.3 Å². The third kappa shape index (κ3) is 4.58. The van der Waals surface area contributed by atoms with Gasteiger partial charge in [0, 0.05) is 44.5 Å². The number of rotatable bonds is 1. The number of nitrogens with one attached hydrogen (secondary N) is 3. The van der Waals surface area contributed by atoms with Gasteiger partial charge in [0.2, 0.25) is 5.91 Å². The van der Waals surface area contributed by atoms with Crippen molar-refractivity contribution in [3.63, 3.8) is 0 Å². The van der Waals surface area contributed by atoms with Crippen LogP contribution in [-0.4, -0.2) is 60.5 Å². The number of aromatic nitrogens is 2. The first kappa shape index (κ1) is 21.4. The lowest BCUT2D eigenvalue weighted by molar-refractivity contribution is -0.129.